The number of rotatable bonds is 5. The molecule has 1 saturated carbocycles. The zero-order chi connectivity index (χ0) is 14.5. The van der Waals surface area contributed by atoms with Gasteiger partial charge in [-0.25, -0.2) is 9.59 Å². The van der Waals surface area contributed by atoms with Crippen LogP contribution < -0.4 is 5.32 Å². The Labute approximate surface area is 115 Å². The van der Waals surface area contributed by atoms with E-state index in [0.717, 1.165) is 19.3 Å². The van der Waals surface area contributed by atoms with Gasteiger partial charge in [-0.2, -0.15) is 0 Å². The van der Waals surface area contributed by atoms with Gasteiger partial charge < -0.3 is 15.3 Å². The monoisotopic (exact) mass is 270 g/mol. The van der Waals surface area contributed by atoms with E-state index >= 15 is 0 Å². The number of hydrogen-bond acceptors (Lipinski definition) is 2. The number of carboxylic acids is 1. The molecule has 2 N–H and O–H groups in total. The molecule has 19 heavy (non-hydrogen) atoms. The standard InChI is InChI=1S/C14H26N2O3/c1-4-9-16(5-2)13(19)15-14(12(17)18)8-6-7-11(3)10-14/h11H,4-10H2,1-3H3,(H,15,19)(H,17,18). The normalized spacial score (nSPS) is 26.8. The Morgan fingerprint density at radius 3 is 2.58 bits per heavy atom. The molecule has 5 heteroatoms. The molecule has 2 unspecified atom stereocenters. The van der Waals surface area contributed by atoms with Gasteiger partial charge in [-0.1, -0.05) is 26.7 Å². The number of nitrogens with zero attached hydrogens (tertiary/aromatic N) is 1. The molecule has 0 bridgehead atoms. The molecule has 2 amide bonds. The zero-order valence-corrected chi connectivity index (χ0v) is 12.2. The van der Waals surface area contributed by atoms with Crippen LogP contribution >= 0.6 is 0 Å². The second-order valence-corrected chi connectivity index (χ2v) is 5.60. The highest BCUT2D eigenvalue weighted by Gasteiger charge is 2.43. The van der Waals surface area contributed by atoms with Crippen molar-refractivity contribution in [2.75, 3.05) is 13.1 Å². The molecular weight excluding hydrogens is 244 g/mol. The fraction of sp³-hybridized carbons (Fsp3) is 0.857. The zero-order valence-electron chi connectivity index (χ0n) is 12.2. The third-order valence-electron chi connectivity index (χ3n) is 3.92. The van der Waals surface area contributed by atoms with Crippen LogP contribution in [-0.4, -0.2) is 40.6 Å². The van der Waals surface area contributed by atoms with E-state index in [0.29, 0.717) is 31.8 Å². The van der Waals surface area contributed by atoms with E-state index in [2.05, 4.69) is 5.32 Å². The summed E-state index contributed by atoms with van der Waals surface area (Å²) in [6.45, 7) is 7.23. The van der Waals surface area contributed by atoms with Gasteiger partial charge in [0.25, 0.3) is 0 Å². The SMILES string of the molecule is CCCN(CC)C(=O)NC1(C(=O)O)CCCC(C)C1. The molecule has 0 heterocycles. The Morgan fingerprint density at radius 1 is 1.42 bits per heavy atom. The number of amides is 2. The summed E-state index contributed by atoms with van der Waals surface area (Å²) in [5, 5.41) is 12.3. The van der Waals surface area contributed by atoms with Crippen LogP contribution in [0.15, 0.2) is 0 Å². The third-order valence-corrected chi connectivity index (χ3v) is 3.92. The predicted octanol–water partition coefficient (Wildman–Crippen LogP) is 2.46. The molecule has 5 nitrogen and oxygen atoms in total. The number of carbonyl (C=O) groups is 2. The first-order valence-electron chi connectivity index (χ1n) is 7.25. The van der Waals surface area contributed by atoms with Crippen molar-refractivity contribution in [3.8, 4) is 0 Å². The van der Waals surface area contributed by atoms with E-state index in [-0.39, 0.29) is 6.03 Å². The van der Waals surface area contributed by atoms with Gasteiger partial charge in [-0.3, -0.25) is 0 Å². The number of carboxylic acid groups (broad SMARTS) is 1. The van der Waals surface area contributed by atoms with E-state index in [9.17, 15) is 14.7 Å². The molecule has 0 spiro atoms. The van der Waals surface area contributed by atoms with Crippen LogP contribution in [0.25, 0.3) is 0 Å². The second-order valence-electron chi connectivity index (χ2n) is 5.60. The topological polar surface area (TPSA) is 69.6 Å². The Bertz CT molecular complexity index is 333. The Kier molecular flexibility index (Phi) is 5.63. The largest absolute Gasteiger partial charge is 0.480 e. The average molecular weight is 270 g/mol. The highest BCUT2D eigenvalue weighted by atomic mass is 16.4. The lowest BCUT2D eigenvalue weighted by molar-refractivity contribution is -0.146. The molecule has 2 atom stereocenters. The molecule has 1 aliphatic carbocycles. The lowest BCUT2D eigenvalue weighted by Gasteiger charge is -2.38. The van der Waals surface area contributed by atoms with Crippen LogP contribution in [-0.2, 0) is 4.79 Å². The minimum Gasteiger partial charge on any atom is -0.480 e. The van der Waals surface area contributed by atoms with Gasteiger partial charge >= 0.3 is 12.0 Å². The summed E-state index contributed by atoms with van der Waals surface area (Å²) >= 11 is 0. The molecule has 0 aromatic heterocycles. The van der Waals surface area contributed by atoms with Crippen molar-refractivity contribution in [1.82, 2.24) is 10.2 Å². The molecular formula is C14H26N2O3. The van der Waals surface area contributed by atoms with E-state index in [1.807, 2.05) is 20.8 Å². The lowest BCUT2D eigenvalue weighted by atomic mass is 9.76. The van der Waals surface area contributed by atoms with Crippen molar-refractivity contribution in [2.24, 2.45) is 5.92 Å². The average Bonchev–Trinajstić information content (AvgIpc) is 2.35. The molecule has 1 fully saturated rings. The van der Waals surface area contributed by atoms with Crippen molar-refractivity contribution < 1.29 is 14.7 Å². The van der Waals surface area contributed by atoms with Crippen LogP contribution in [0.1, 0.15) is 52.9 Å². The summed E-state index contributed by atoms with van der Waals surface area (Å²) in [6, 6.07) is -0.249. The van der Waals surface area contributed by atoms with Gasteiger partial charge in [-0.15, -0.1) is 0 Å². The van der Waals surface area contributed by atoms with Crippen molar-refractivity contribution in [3.05, 3.63) is 0 Å². The highest BCUT2D eigenvalue weighted by molar-refractivity contribution is 5.86. The molecule has 0 radical (unpaired) electrons. The van der Waals surface area contributed by atoms with Crippen LogP contribution in [0.5, 0.6) is 0 Å². The molecule has 0 aromatic rings. The summed E-state index contributed by atoms with van der Waals surface area (Å²) in [7, 11) is 0. The molecule has 0 saturated heterocycles. The molecule has 1 rings (SSSR count). The van der Waals surface area contributed by atoms with E-state index in [1.165, 1.54) is 0 Å². The maximum absolute atomic E-state index is 12.2. The number of hydrogen-bond donors (Lipinski definition) is 2. The van der Waals surface area contributed by atoms with Crippen LogP contribution in [0.4, 0.5) is 4.79 Å². The maximum Gasteiger partial charge on any atom is 0.329 e. The van der Waals surface area contributed by atoms with Crippen LogP contribution in [0, 0.1) is 5.92 Å². The van der Waals surface area contributed by atoms with Gasteiger partial charge in [0.05, 0.1) is 0 Å². The van der Waals surface area contributed by atoms with Gasteiger partial charge in [0.15, 0.2) is 0 Å². The maximum atomic E-state index is 12.2. The Morgan fingerprint density at radius 2 is 2.11 bits per heavy atom. The van der Waals surface area contributed by atoms with Gasteiger partial charge in [-0.05, 0) is 32.1 Å². The summed E-state index contributed by atoms with van der Waals surface area (Å²) < 4.78 is 0. The number of nitrogens with one attached hydrogen (secondary N) is 1. The molecule has 0 aromatic carbocycles. The number of aliphatic carboxylic acids is 1. The van der Waals surface area contributed by atoms with Crippen molar-refractivity contribution >= 4 is 12.0 Å². The van der Waals surface area contributed by atoms with Gasteiger partial charge in [0, 0.05) is 13.1 Å². The third kappa shape index (κ3) is 3.85. The van der Waals surface area contributed by atoms with Crippen LogP contribution in [0.2, 0.25) is 0 Å². The summed E-state index contributed by atoms with van der Waals surface area (Å²) in [4.78, 5) is 25.5. The fourth-order valence-corrected chi connectivity index (χ4v) is 2.87. The fourth-order valence-electron chi connectivity index (χ4n) is 2.87. The number of carbonyl (C=O) groups excluding carboxylic acids is 1. The molecule has 110 valence electrons. The molecule has 0 aliphatic heterocycles. The quantitative estimate of drug-likeness (QED) is 0.806. The summed E-state index contributed by atoms with van der Waals surface area (Å²) in [6.07, 6.45) is 3.82. The van der Waals surface area contributed by atoms with E-state index < -0.39 is 11.5 Å². The first kappa shape index (κ1) is 15.8. The highest BCUT2D eigenvalue weighted by Crippen LogP contribution is 2.32. The predicted molar refractivity (Wildman–Crippen MR) is 74.1 cm³/mol. The van der Waals surface area contributed by atoms with Gasteiger partial charge in [0.1, 0.15) is 5.54 Å². The van der Waals surface area contributed by atoms with Crippen molar-refractivity contribution in [2.45, 2.75) is 58.4 Å². The van der Waals surface area contributed by atoms with Crippen LogP contribution in [0.3, 0.4) is 0 Å². The summed E-state index contributed by atoms with van der Waals surface area (Å²) in [5.41, 5.74) is -1.07. The smallest absolute Gasteiger partial charge is 0.329 e. The number of urea groups is 1. The Hall–Kier alpha value is -1.26. The first-order valence-corrected chi connectivity index (χ1v) is 7.25. The van der Waals surface area contributed by atoms with E-state index in [4.69, 9.17) is 0 Å². The van der Waals surface area contributed by atoms with Gasteiger partial charge in [0.2, 0.25) is 0 Å². The molecule has 1 aliphatic rings. The minimum absolute atomic E-state index is 0.249. The summed E-state index contributed by atoms with van der Waals surface area (Å²) in [5.74, 6) is -0.564. The van der Waals surface area contributed by atoms with Crippen molar-refractivity contribution in [3.63, 3.8) is 0 Å². The van der Waals surface area contributed by atoms with Crippen molar-refractivity contribution in [1.29, 1.82) is 0 Å². The first-order chi connectivity index (χ1) is 8.95. The van der Waals surface area contributed by atoms with E-state index in [1.54, 1.807) is 4.90 Å². The minimum atomic E-state index is -1.07. The lowest BCUT2D eigenvalue weighted by Crippen LogP contribution is -2.59. The Balaban J connectivity index is 2.78. The second kappa shape index (κ2) is 6.78.